The van der Waals surface area contributed by atoms with Crippen LogP contribution in [0.1, 0.15) is 11.1 Å². The van der Waals surface area contributed by atoms with Crippen molar-refractivity contribution in [2.24, 2.45) is 0 Å². The zero-order chi connectivity index (χ0) is 15.3. The van der Waals surface area contributed by atoms with E-state index in [0.717, 1.165) is 11.1 Å². The minimum Gasteiger partial charge on any atom is -0.340 e. The molecule has 0 aliphatic carbocycles. The van der Waals surface area contributed by atoms with Gasteiger partial charge in [0.1, 0.15) is 29.6 Å². The van der Waals surface area contributed by atoms with Crippen molar-refractivity contribution in [1.29, 1.82) is 15.8 Å². The topological polar surface area (TPSA) is 127 Å². The highest BCUT2D eigenvalue weighted by Crippen LogP contribution is 2.29. The summed E-state index contributed by atoms with van der Waals surface area (Å²) in [6.07, 6.45) is 0. The molecule has 0 radical (unpaired) electrons. The van der Waals surface area contributed by atoms with Gasteiger partial charge in [0.25, 0.3) is 5.69 Å². The van der Waals surface area contributed by atoms with Crippen LogP contribution in [0.15, 0.2) is 23.4 Å². The van der Waals surface area contributed by atoms with Crippen LogP contribution in [0.5, 0.6) is 0 Å². The number of benzene rings is 1. The van der Waals surface area contributed by atoms with Crippen LogP contribution in [-0.4, -0.2) is 4.92 Å². The Morgan fingerprint density at radius 2 is 1.70 bits per heavy atom. The van der Waals surface area contributed by atoms with Crippen LogP contribution in [0.25, 0.3) is 0 Å². The molecule has 1 N–H and O–H groups in total. The molecule has 1 aromatic carbocycles. The highest BCUT2D eigenvalue weighted by atomic mass is 16.6. The molecule has 0 unspecified atom stereocenters. The van der Waals surface area contributed by atoms with Gasteiger partial charge < -0.3 is 5.32 Å². The maximum atomic E-state index is 11.0. The van der Waals surface area contributed by atoms with Crippen molar-refractivity contribution >= 4 is 11.4 Å². The average molecular weight is 267 g/mol. The summed E-state index contributed by atoms with van der Waals surface area (Å²) in [4.78, 5) is 10.4. The van der Waals surface area contributed by atoms with E-state index in [0.29, 0.717) is 0 Å². The van der Waals surface area contributed by atoms with Crippen LogP contribution < -0.4 is 5.32 Å². The van der Waals surface area contributed by atoms with Crippen molar-refractivity contribution in [3.8, 4) is 18.2 Å². The molecule has 0 fully saturated rings. The van der Waals surface area contributed by atoms with Gasteiger partial charge in [-0.25, -0.2) is 0 Å². The predicted molar refractivity (Wildman–Crippen MR) is 70.1 cm³/mol. The van der Waals surface area contributed by atoms with E-state index in [4.69, 9.17) is 15.8 Å². The zero-order valence-corrected chi connectivity index (χ0v) is 10.8. The van der Waals surface area contributed by atoms with Crippen molar-refractivity contribution in [3.05, 3.63) is 44.6 Å². The number of aryl methyl sites for hydroxylation is 2. The molecule has 0 saturated carbocycles. The molecular weight excluding hydrogens is 258 g/mol. The first-order valence-corrected chi connectivity index (χ1v) is 5.41. The number of rotatable bonds is 3. The second-order valence-corrected chi connectivity index (χ2v) is 3.92. The maximum Gasteiger partial charge on any atom is 0.292 e. The third kappa shape index (κ3) is 2.90. The molecule has 0 heterocycles. The van der Waals surface area contributed by atoms with Gasteiger partial charge in [0.2, 0.25) is 0 Å². The van der Waals surface area contributed by atoms with Crippen LogP contribution in [0, 0.1) is 58.0 Å². The molecule has 0 spiro atoms. The Labute approximate surface area is 115 Å². The van der Waals surface area contributed by atoms with Gasteiger partial charge in [-0.3, -0.25) is 10.1 Å². The molecular formula is C13H9N5O2. The summed E-state index contributed by atoms with van der Waals surface area (Å²) in [7, 11) is 0. The first-order chi connectivity index (χ1) is 9.44. The van der Waals surface area contributed by atoms with Gasteiger partial charge in [0.15, 0.2) is 5.57 Å². The lowest BCUT2D eigenvalue weighted by Gasteiger charge is -2.08. The SMILES string of the molecule is Cc1cc(NC(C#N)=C(C#N)C#N)c([N+](=O)[O-])cc1C. The largest absolute Gasteiger partial charge is 0.340 e. The van der Waals surface area contributed by atoms with Crippen molar-refractivity contribution in [1.82, 2.24) is 0 Å². The normalized spacial score (nSPS) is 8.75. The Morgan fingerprint density at radius 3 is 2.15 bits per heavy atom. The van der Waals surface area contributed by atoms with Crippen molar-refractivity contribution in [3.63, 3.8) is 0 Å². The number of nitriles is 3. The lowest BCUT2D eigenvalue weighted by molar-refractivity contribution is -0.384. The van der Waals surface area contributed by atoms with Crippen molar-refractivity contribution < 1.29 is 4.92 Å². The lowest BCUT2D eigenvalue weighted by atomic mass is 10.1. The third-order valence-electron chi connectivity index (χ3n) is 2.65. The molecule has 0 aliphatic rings. The van der Waals surface area contributed by atoms with E-state index in [-0.39, 0.29) is 17.1 Å². The molecule has 20 heavy (non-hydrogen) atoms. The van der Waals surface area contributed by atoms with Crippen LogP contribution in [-0.2, 0) is 0 Å². The standard InChI is InChI=1S/C13H9N5O2/c1-8-3-11(13(18(19)20)4-9(8)2)17-12(7-16)10(5-14)6-15/h3-4,17H,1-2H3. The number of nitro groups is 1. The molecule has 1 rings (SSSR count). The summed E-state index contributed by atoms with van der Waals surface area (Å²) >= 11 is 0. The second kappa shape index (κ2) is 5.99. The third-order valence-corrected chi connectivity index (χ3v) is 2.65. The van der Waals surface area contributed by atoms with Crippen LogP contribution >= 0.6 is 0 Å². The first kappa shape index (κ1) is 14.7. The van der Waals surface area contributed by atoms with Crippen LogP contribution in [0.4, 0.5) is 11.4 Å². The quantitative estimate of drug-likeness (QED) is 0.509. The molecule has 0 bridgehead atoms. The van der Waals surface area contributed by atoms with E-state index in [2.05, 4.69) is 5.32 Å². The summed E-state index contributed by atoms with van der Waals surface area (Å²) < 4.78 is 0. The molecule has 0 aliphatic heterocycles. The maximum absolute atomic E-state index is 11.0. The number of nitrogens with zero attached hydrogens (tertiary/aromatic N) is 4. The molecule has 7 nitrogen and oxygen atoms in total. The van der Waals surface area contributed by atoms with E-state index in [9.17, 15) is 10.1 Å². The molecule has 7 heteroatoms. The monoisotopic (exact) mass is 267 g/mol. The summed E-state index contributed by atoms with van der Waals surface area (Å²) in [6.45, 7) is 3.48. The minimum absolute atomic E-state index is 0.0673. The lowest BCUT2D eigenvalue weighted by Crippen LogP contribution is -2.04. The van der Waals surface area contributed by atoms with Crippen molar-refractivity contribution in [2.45, 2.75) is 13.8 Å². The van der Waals surface area contributed by atoms with Gasteiger partial charge in [-0.15, -0.1) is 0 Å². The van der Waals surface area contributed by atoms with Gasteiger partial charge in [0, 0.05) is 6.07 Å². The molecule has 0 amide bonds. The average Bonchev–Trinajstić information content (AvgIpc) is 2.42. The highest BCUT2D eigenvalue weighted by molar-refractivity contribution is 5.69. The fraction of sp³-hybridized carbons (Fsp3) is 0.154. The predicted octanol–water partition coefficient (Wildman–Crippen LogP) is 2.45. The van der Waals surface area contributed by atoms with E-state index >= 15 is 0 Å². The number of anilines is 1. The number of hydrogen-bond donors (Lipinski definition) is 1. The molecule has 0 atom stereocenters. The van der Waals surface area contributed by atoms with Crippen LogP contribution in [0.3, 0.4) is 0 Å². The summed E-state index contributed by atoms with van der Waals surface area (Å²) in [5.74, 6) is 0. The van der Waals surface area contributed by atoms with Crippen LogP contribution in [0.2, 0.25) is 0 Å². The number of nitrogens with one attached hydrogen (secondary N) is 1. The van der Waals surface area contributed by atoms with Gasteiger partial charge in [-0.1, -0.05) is 0 Å². The Morgan fingerprint density at radius 1 is 1.15 bits per heavy atom. The Bertz CT molecular complexity index is 713. The summed E-state index contributed by atoms with van der Waals surface area (Å²) in [6, 6.07) is 7.64. The number of allylic oxidation sites excluding steroid dienone is 2. The van der Waals surface area contributed by atoms with E-state index in [1.54, 1.807) is 32.1 Å². The van der Waals surface area contributed by atoms with Gasteiger partial charge >= 0.3 is 0 Å². The summed E-state index contributed by atoms with van der Waals surface area (Å²) in [5, 5.41) is 39.9. The Kier molecular flexibility index (Phi) is 4.40. The second-order valence-electron chi connectivity index (χ2n) is 3.92. The molecule has 1 aromatic rings. The minimum atomic E-state index is -0.595. The first-order valence-electron chi connectivity index (χ1n) is 5.41. The Balaban J connectivity index is 3.43. The highest BCUT2D eigenvalue weighted by Gasteiger charge is 2.17. The Hall–Kier alpha value is -3.37. The smallest absolute Gasteiger partial charge is 0.292 e. The van der Waals surface area contributed by atoms with Gasteiger partial charge in [0.05, 0.1) is 4.92 Å². The zero-order valence-electron chi connectivity index (χ0n) is 10.8. The van der Waals surface area contributed by atoms with Crippen molar-refractivity contribution in [2.75, 3.05) is 5.32 Å². The van der Waals surface area contributed by atoms with Gasteiger partial charge in [-0.2, -0.15) is 15.8 Å². The molecule has 0 aromatic heterocycles. The van der Waals surface area contributed by atoms with E-state index in [1.165, 1.54) is 12.1 Å². The fourth-order valence-electron chi connectivity index (χ4n) is 1.47. The fourth-order valence-corrected chi connectivity index (χ4v) is 1.47. The molecule has 98 valence electrons. The van der Waals surface area contributed by atoms with E-state index in [1.807, 2.05) is 0 Å². The number of hydrogen-bond acceptors (Lipinski definition) is 6. The van der Waals surface area contributed by atoms with E-state index < -0.39 is 10.5 Å². The molecule has 0 saturated heterocycles. The summed E-state index contributed by atoms with van der Waals surface area (Å²) in [5.41, 5.74) is 0.603. The number of nitro benzene ring substituents is 1. The van der Waals surface area contributed by atoms with Gasteiger partial charge in [-0.05, 0) is 31.0 Å².